The van der Waals surface area contributed by atoms with Gasteiger partial charge in [0.15, 0.2) is 5.78 Å². The van der Waals surface area contributed by atoms with Crippen LogP contribution in [0.15, 0.2) is 18.3 Å². The Morgan fingerprint density at radius 3 is 2.72 bits per heavy atom. The zero-order valence-electron chi connectivity index (χ0n) is 10.6. The molecule has 18 heavy (non-hydrogen) atoms. The van der Waals surface area contributed by atoms with Gasteiger partial charge in [0.25, 0.3) is 0 Å². The molecule has 0 N–H and O–H groups in total. The SMILES string of the molecule is Cc1cccnc1C(=O)Cc1c(Cl)c(C)nn1C. The number of Topliss-reactive ketones (excluding diaryl/α,β-unsaturated/α-hetero) is 1. The molecule has 2 aromatic rings. The number of hydrogen-bond acceptors (Lipinski definition) is 3. The molecule has 4 nitrogen and oxygen atoms in total. The van der Waals surface area contributed by atoms with E-state index in [1.54, 1.807) is 17.9 Å². The highest BCUT2D eigenvalue weighted by Crippen LogP contribution is 2.21. The van der Waals surface area contributed by atoms with Gasteiger partial charge in [-0.3, -0.25) is 14.5 Å². The lowest BCUT2D eigenvalue weighted by atomic mass is 10.1. The third kappa shape index (κ3) is 2.29. The van der Waals surface area contributed by atoms with Crippen LogP contribution in [0.3, 0.4) is 0 Å². The van der Waals surface area contributed by atoms with Crippen LogP contribution < -0.4 is 0 Å². The first-order valence-corrected chi connectivity index (χ1v) is 6.01. The molecule has 2 aromatic heterocycles. The normalized spacial score (nSPS) is 10.7. The minimum absolute atomic E-state index is 0.0435. The van der Waals surface area contributed by atoms with E-state index >= 15 is 0 Å². The second kappa shape index (κ2) is 4.90. The predicted octanol–water partition coefficient (Wildman–Crippen LogP) is 2.51. The average Bonchev–Trinajstić information content (AvgIpc) is 2.56. The molecule has 0 atom stereocenters. The van der Waals surface area contributed by atoms with Crippen LogP contribution in [0.25, 0.3) is 0 Å². The summed E-state index contributed by atoms with van der Waals surface area (Å²) in [5.41, 5.74) is 2.83. The summed E-state index contributed by atoms with van der Waals surface area (Å²) in [4.78, 5) is 16.3. The maximum absolute atomic E-state index is 12.2. The van der Waals surface area contributed by atoms with Crippen LogP contribution in [0.1, 0.15) is 27.4 Å². The van der Waals surface area contributed by atoms with E-state index in [1.807, 2.05) is 26.0 Å². The molecule has 0 aliphatic heterocycles. The molecule has 0 unspecified atom stereocenters. The van der Waals surface area contributed by atoms with Crippen LogP contribution in [0.5, 0.6) is 0 Å². The summed E-state index contributed by atoms with van der Waals surface area (Å²) >= 11 is 6.13. The molecule has 2 rings (SSSR count). The average molecular weight is 264 g/mol. The fraction of sp³-hybridized carbons (Fsp3) is 0.308. The molecule has 0 aliphatic rings. The van der Waals surface area contributed by atoms with E-state index in [-0.39, 0.29) is 12.2 Å². The Hall–Kier alpha value is -1.68. The molecule has 0 bridgehead atoms. The molecule has 0 saturated heterocycles. The van der Waals surface area contributed by atoms with Crippen molar-refractivity contribution in [2.24, 2.45) is 7.05 Å². The van der Waals surface area contributed by atoms with Gasteiger partial charge in [0.05, 0.1) is 22.8 Å². The van der Waals surface area contributed by atoms with Gasteiger partial charge in [0, 0.05) is 13.2 Å². The van der Waals surface area contributed by atoms with Crippen molar-refractivity contribution >= 4 is 17.4 Å². The molecule has 0 aliphatic carbocycles. The van der Waals surface area contributed by atoms with Crippen molar-refractivity contribution in [2.75, 3.05) is 0 Å². The fourth-order valence-corrected chi connectivity index (χ4v) is 2.11. The van der Waals surface area contributed by atoms with Crippen molar-refractivity contribution in [1.29, 1.82) is 0 Å². The van der Waals surface area contributed by atoms with Crippen molar-refractivity contribution in [3.63, 3.8) is 0 Å². The molecule has 0 spiro atoms. The van der Waals surface area contributed by atoms with Gasteiger partial charge in [-0.15, -0.1) is 0 Å². The Morgan fingerprint density at radius 2 is 2.17 bits per heavy atom. The third-order valence-electron chi connectivity index (χ3n) is 2.86. The molecule has 0 saturated carbocycles. The van der Waals surface area contributed by atoms with Gasteiger partial charge >= 0.3 is 0 Å². The van der Waals surface area contributed by atoms with E-state index in [1.165, 1.54) is 0 Å². The summed E-state index contributed by atoms with van der Waals surface area (Å²) in [6, 6.07) is 3.68. The molecule has 0 amide bonds. The lowest BCUT2D eigenvalue weighted by Crippen LogP contribution is -2.11. The Labute approximate surface area is 111 Å². The molecule has 94 valence electrons. The van der Waals surface area contributed by atoms with Crippen molar-refractivity contribution in [1.82, 2.24) is 14.8 Å². The maximum atomic E-state index is 12.2. The number of aromatic nitrogens is 3. The zero-order chi connectivity index (χ0) is 13.3. The van der Waals surface area contributed by atoms with Crippen molar-refractivity contribution in [3.8, 4) is 0 Å². The van der Waals surface area contributed by atoms with Gasteiger partial charge in [-0.1, -0.05) is 17.7 Å². The molecule has 0 radical (unpaired) electrons. The summed E-state index contributed by atoms with van der Waals surface area (Å²) in [6.07, 6.45) is 1.84. The third-order valence-corrected chi connectivity index (χ3v) is 3.35. The first kappa shape index (κ1) is 12.8. The van der Waals surface area contributed by atoms with Gasteiger partial charge in [0.2, 0.25) is 0 Å². The molecular weight excluding hydrogens is 250 g/mol. The summed E-state index contributed by atoms with van der Waals surface area (Å²) in [5.74, 6) is -0.0435. The number of aryl methyl sites for hydroxylation is 3. The second-order valence-corrected chi connectivity index (χ2v) is 4.62. The largest absolute Gasteiger partial charge is 0.292 e. The summed E-state index contributed by atoms with van der Waals surface area (Å²) in [5, 5.41) is 4.75. The van der Waals surface area contributed by atoms with Gasteiger partial charge < -0.3 is 0 Å². The summed E-state index contributed by atoms with van der Waals surface area (Å²) < 4.78 is 1.65. The van der Waals surface area contributed by atoms with Gasteiger partial charge in [0.1, 0.15) is 5.69 Å². The number of carbonyl (C=O) groups excluding carboxylic acids is 1. The molecule has 5 heteroatoms. The lowest BCUT2D eigenvalue weighted by molar-refractivity contribution is 0.0985. The highest BCUT2D eigenvalue weighted by atomic mass is 35.5. The van der Waals surface area contributed by atoms with Crippen LogP contribution in [-0.2, 0) is 13.5 Å². The van der Waals surface area contributed by atoms with Crippen molar-refractivity contribution in [2.45, 2.75) is 20.3 Å². The standard InChI is InChI=1S/C13H14ClN3O/c1-8-5-4-6-15-13(8)11(18)7-10-12(14)9(2)16-17(10)3/h4-6H,7H2,1-3H3. The number of pyridine rings is 1. The quantitative estimate of drug-likeness (QED) is 0.800. The van der Waals surface area contributed by atoms with E-state index < -0.39 is 0 Å². The van der Waals surface area contributed by atoms with Crippen molar-refractivity contribution < 1.29 is 4.79 Å². The number of ketones is 1. The van der Waals surface area contributed by atoms with E-state index in [0.29, 0.717) is 10.7 Å². The highest BCUT2D eigenvalue weighted by Gasteiger charge is 2.17. The maximum Gasteiger partial charge on any atom is 0.187 e. The Kier molecular flexibility index (Phi) is 3.48. The lowest BCUT2D eigenvalue weighted by Gasteiger charge is -2.04. The second-order valence-electron chi connectivity index (χ2n) is 4.24. The van der Waals surface area contributed by atoms with E-state index in [2.05, 4.69) is 10.1 Å². The van der Waals surface area contributed by atoms with Crippen LogP contribution in [0.4, 0.5) is 0 Å². The number of halogens is 1. The molecular formula is C13H14ClN3O. The zero-order valence-corrected chi connectivity index (χ0v) is 11.3. The molecule has 0 fully saturated rings. The minimum atomic E-state index is -0.0435. The topological polar surface area (TPSA) is 47.8 Å². The number of nitrogens with zero attached hydrogens (tertiary/aromatic N) is 3. The number of carbonyl (C=O) groups is 1. The number of rotatable bonds is 3. The first-order chi connectivity index (χ1) is 8.50. The van der Waals surface area contributed by atoms with E-state index in [4.69, 9.17) is 11.6 Å². The van der Waals surface area contributed by atoms with Gasteiger partial charge in [-0.25, -0.2) is 0 Å². The Balaban J connectivity index is 2.30. The van der Waals surface area contributed by atoms with E-state index in [0.717, 1.165) is 17.0 Å². The Bertz CT molecular complexity index is 604. The first-order valence-electron chi connectivity index (χ1n) is 5.63. The molecule has 2 heterocycles. The van der Waals surface area contributed by atoms with Crippen LogP contribution in [0, 0.1) is 13.8 Å². The van der Waals surface area contributed by atoms with Crippen molar-refractivity contribution in [3.05, 3.63) is 46.0 Å². The predicted molar refractivity (Wildman–Crippen MR) is 70.0 cm³/mol. The van der Waals surface area contributed by atoms with Gasteiger partial charge in [-0.05, 0) is 25.5 Å². The number of hydrogen-bond donors (Lipinski definition) is 0. The molecule has 0 aromatic carbocycles. The van der Waals surface area contributed by atoms with Crippen LogP contribution in [-0.4, -0.2) is 20.5 Å². The Morgan fingerprint density at radius 1 is 1.44 bits per heavy atom. The smallest absolute Gasteiger partial charge is 0.187 e. The fourth-order valence-electron chi connectivity index (χ4n) is 1.89. The monoisotopic (exact) mass is 263 g/mol. The highest BCUT2D eigenvalue weighted by molar-refractivity contribution is 6.32. The van der Waals surface area contributed by atoms with Crippen LogP contribution in [0.2, 0.25) is 5.02 Å². The summed E-state index contributed by atoms with van der Waals surface area (Å²) in [7, 11) is 1.78. The minimum Gasteiger partial charge on any atom is -0.292 e. The summed E-state index contributed by atoms with van der Waals surface area (Å²) in [6.45, 7) is 3.69. The van der Waals surface area contributed by atoms with Gasteiger partial charge in [-0.2, -0.15) is 5.10 Å². The van der Waals surface area contributed by atoms with Crippen LogP contribution >= 0.6 is 11.6 Å². The van der Waals surface area contributed by atoms with E-state index in [9.17, 15) is 4.79 Å².